The minimum Gasteiger partial charge on any atom is -0.395 e. The van der Waals surface area contributed by atoms with Crippen molar-refractivity contribution in [2.24, 2.45) is 0 Å². The number of rotatable bonds is 6. The number of hydrogen-bond acceptors (Lipinski definition) is 7. The molecule has 0 spiro atoms. The van der Waals surface area contributed by atoms with Crippen LogP contribution in [0.25, 0.3) is 22.3 Å². The molecule has 0 aliphatic carbocycles. The number of piperidine rings is 1. The number of H-pyrrole nitrogens is 1. The molecular formula is C22H30N8O2. The average molecular weight is 439 g/mol. The van der Waals surface area contributed by atoms with Crippen molar-refractivity contribution in [2.75, 3.05) is 59.0 Å². The summed E-state index contributed by atoms with van der Waals surface area (Å²) in [6.45, 7) is 6.53. The second-order valence-corrected chi connectivity index (χ2v) is 8.62. The van der Waals surface area contributed by atoms with Gasteiger partial charge in [-0.1, -0.05) is 0 Å². The fraction of sp³-hybridized carbons (Fsp3) is 0.545. The van der Waals surface area contributed by atoms with E-state index >= 15 is 0 Å². The van der Waals surface area contributed by atoms with E-state index in [1.54, 1.807) is 6.33 Å². The van der Waals surface area contributed by atoms with E-state index in [4.69, 9.17) is 5.11 Å². The summed E-state index contributed by atoms with van der Waals surface area (Å²) in [5, 5.41) is 14.7. The van der Waals surface area contributed by atoms with Gasteiger partial charge in [0.2, 0.25) is 5.91 Å². The summed E-state index contributed by atoms with van der Waals surface area (Å²) in [7, 11) is 0. The van der Waals surface area contributed by atoms with Crippen molar-refractivity contribution in [2.45, 2.75) is 18.9 Å². The van der Waals surface area contributed by atoms with Crippen molar-refractivity contribution in [3.05, 3.63) is 31.0 Å². The van der Waals surface area contributed by atoms with Crippen LogP contribution in [0.2, 0.25) is 0 Å². The minimum atomic E-state index is 0.196. The van der Waals surface area contributed by atoms with Crippen LogP contribution in [0.3, 0.4) is 0 Å². The van der Waals surface area contributed by atoms with Crippen molar-refractivity contribution in [1.82, 2.24) is 39.4 Å². The summed E-state index contributed by atoms with van der Waals surface area (Å²) in [6.07, 6.45) is 9.17. The molecule has 2 N–H and O–H groups in total. The third-order valence-corrected chi connectivity index (χ3v) is 6.66. The number of carbonyl (C=O) groups excluding carboxylic acids is 1. The van der Waals surface area contributed by atoms with E-state index in [1.165, 1.54) is 0 Å². The molecule has 3 aromatic heterocycles. The lowest BCUT2D eigenvalue weighted by atomic mass is 10.0. The normalized spacial score (nSPS) is 19.1. The maximum absolute atomic E-state index is 12.8. The Bertz CT molecular complexity index is 1050. The Morgan fingerprint density at radius 1 is 1.09 bits per heavy atom. The molecule has 0 atom stereocenters. The van der Waals surface area contributed by atoms with Crippen LogP contribution in [0.1, 0.15) is 18.9 Å². The summed E-state index contributed by atoms with van der Waals surface area (Å²) in [5.41, 5.74) is 2.69. The first kappa shape index (κ1) is 21.0. The summed E-state index contributed by atoms with van der Waals surface area (Å²) in [5.74, 6) is 0.219. The lowest BCUT2D eigenvalue weighted by Gasteiger charge is -2.36. The zero-order chi connectivity index (χ0) is 21.9. The highest BCUT2D eigenvalue weighted by Crippen LogP contribution is 2.27. The van der Waals surface area contributed by atoms with Crippen LogP contribution in [-0.2, 0) is 4.79 Å². The number of β-amino-alcohol motifs (C(OH)–C–C–N with tert-alkyl or cyclic N) is 1. The second-order valence-electron chi connectivity index (χ2n) is 8.62. The van der Waals surface area contributed by atoms with Gasteiger partial charge in [0.15, 0.2) is 0 Å². The van der Waals surface area contributed by atoms with Gasteiger partial charge in [0, 0.05) is 69.2 Å². The van der Waals surface area contributed by atoms with Gasteiger partial charge < -0.3 is 15.0 Å². The van der Waals surface area contributed by atoms with E-state index in [9.17, 15) is 4.79 Å². The first-order valence-electron chi connectivity index (χ1n) is 11.4. The number of aliphatic hydroxyl groups is 1. The Morgan fingerprint density at radius 3 is 2.66 bits per heavy atom. The highest BCUT2D eigenvalue weighted by Gasteiger charge is 2.27. The molecule has 2 saturated heterocycles. The van der Waals surface area contributed by atoms with Crippen molar-refractivity contribution in [3.63, 3.8) is 0 Å². The number of carbonyl (C=O) groups is 1. The van der Waals surface area contributed by atoms with E-state index in [0.717, 1.165) is 80.9 Å². The molecule has 0 radical (unpaired) electrons. The van der Waals surface area contributed by atoms with E-state index < -0.39 is 0 Å². The van der Waals surface area contributed by atoms with Crippen LogP contribution in [0, 0.1) is 0 Å². The Hall–Kier alpha value is -2.82. The molecule has 0 unspecified atom stereocenters. The SMILES string of the molecule is O=C(CN1CCN(CCO)CC1)N1CCC(n2cc(-c3ncnc4[nH]ccc34)cn2)CC1. The molecule has 10 nitrogen and oxygen atoms in total. The van der Waals surface area contributed by atoms with E-state index in [2.05, 4.69) is 36.0 Å². The number of aromatic nitrogens is 5. The molecule has 170 valence electrons. The Kier molecular flexibility index (Phi) is 6.15. The molecule has 3 aromatic rings. The lowest BCUT2D eigenvalue weighted by Crippen LogP contribution is -2.51. The number of hydrogen-bond donors (Lipinski definition) is 2. The fourth-order valence-electron chi connectivity index (χ4n) is 4.75. The van der Waals surface area contributed by atoms with Gasteiger partial charge in [-0.25, -0.2) is 9.97 Å². The molecule has 0 aromatic carbocycles. The van der Waals surface area contributed by atoms with Gasteiger partial charge in [-0.15, -0.1) is 0 Å². The number of fused-ring (bicyclic) bond motifs is 1. The topological polar surface area (TPSA) is 106 Å². The summed E-state index contributed by atoms with van der Waals surface area (Å²) >= 11 is 0. The lowest BCUT2D eigenvalue weighted by molar-refractivity contribution is -0.134. The standard InChI is InChI=1S/C22H30N8O2/c31-12-11-27-7-9-28(10-8-27)15-20(32)29-5-2-18(3-6-29)30-14-17(13-26-30)21-19-1-4-23-22(19)25-16-24-21/h1,4,13-14,16,18,31H,2-3,5-12,15H2,(H,23,24,25). The smallest absolute Gasteiger partial charge is 0.236 e. The number of amides is 1. The van der Waals surface area contributed by atoms with Gasteiger partial charge in [-0.05, 0) is 18.9 Å². The van der Waals surface area contributed by atoms with Gasteiger partial charge in [0.05, 0.1) is 31.1 Å². The van der Waals surface area contributed by atoms with Gasteiger partial charge in [0.1, 0.15) is 12.0 Å². The van der Waals surface area contributed by atoms with Gasteiger partial charge in [-0.3, -0.25) is 19.3 Å². The number of aliphatic hydroxyl groups excluding tert-OH is 1. The maximum atomic E-state index is 12.8. The van der Waals surface area contributed by atoms with Crippen LogP contribution >= 0.6 is 0 Å². The van der Waals surface area contributed by atoms with Crippen molar-refractivity contribution in [3.8, 4) is 11.3 Å². The van der Waals surface area contributed by atoms with Crippen molar-refractivity contribution in [1.29, 1.82) is 0 Å². The summed E-state index contributed by atoms with van der Waals surface area (Å²) in [6, 6.07) is 2.27. The Labute approximate surface area is 186 Å². The van der Waals surface area contributed by atoms with E-state index in [0.29, 0.717) is 12.6 Å². The highest BCUT2D eigenvalue weighted by molar-refractivity contribution is 5.90. The van der Waals surface area contributed by atoms with Crippen LogP contribution in [0.4, 0.5) is 0 Å². The largest absolute Gasteiger partial charge is 0.395 e. The molecule has 2 aliphatic rings. The number of nitrogens with zero attached hydrogens (tertiary/aromatic N) is 7. The summed E-state index contributed by atoms with van der Waals surface area (Å²) < 4.78 is 2.03. The second kappa shape index (κ2) is 9.35. The van der Waals surface area contributed by atoms with Gasteiger partial charge in [-0.2, -0.15) is 5.10 Å². The maximum Gasteiger partial charge on any atom is 0.236 e. The molecule has 0 saturated carbocycles. The summed E-state index contributed by atoms with van der Waals surface area (Å²) in [4.78, 5) is 31.1. The van der Waals surface area contributed by atoms with Gasteiger partial charge >= 0.3 is 0 Å². The molecule has 5 heterocycles. The number of piperazine rings is 1. The Morgan fingerprint density at radius 2 is 1.88 bits per heavy atom. The molecule has 5 rings (SSSR count). The van der Waals surface area contributed by atoms with E-state index in [-0.39, 0.29) is 12.5 Å². The van der Waals surface area contributed by atoms with E-state index in [1.807, 2.05) is 28.0 Å². The molecular weight excluding hydrogens is 408 g/mol. The van der Waals surface area contributed by atoms with Crippen LogP contribution < -0.4 is 0 Å². The molecule has 2 fully saturated rings. The monoisotopic (exact) mass is 438 g/mol. The first-order chi connectivity index (χ1) is 15.7. The van der Waals surface area contributed by atoms with Gasteiger partial charge in [0.25, 0.3) is 0 Å². The third kappa shape index (κ3) is 4.38. The van der Waals surface area contributed by atoms with Crippen LogP contribution in [0.5, 0.6) is 0 Å². The minimum absolute atomic E-state index is 0.196. The number of aromatic amines is 1. The first-order valence-corrected chi connectivity index (χ1v) is 11.4. The molecule has 0 bridgehead atoms. The molecule has 10 heteroatoms. The Balaban J connectivity index is 1.14. The van der Waals surface area contributed by atoms with Crippen LogP contribution in [-0.4, -0.2) is 109 Å². The molecule has 1 amide bonds. The highest BCUT2D eigenvalue weighted by atomic mass is 16.3. The number of nitrogens with one attached hydrogen (secondary N) is 1. The van der Waals surface area contributed by atoms with Crippen molar-refractivity contribution >= 4 is 16.9 Å². The quantitative estimate of drug-likeness (QED) is 0.580. The van der Waals surface area contributed by atoms with Crippen molar-refractivity contribution < 1.29 is 9.90 Å². The van der Waals surface area contributed by atoms with Crippen LogP contribution in [0.15, 0.2) is 31.0 Å². The zero-order valence-electron chi connectivity index (χ0n) is 18.2. The third-order valence-electron chi connectivity index (χ3n) is 6.66. The predicted octanol–water partition coefficient (Wildman–Crippen LogP) is 0.595. The number of likely N-dealkylation sites (tertiary alicyclic amines) is 1. The zero-order valence-corrected chi connectivity index (χ0v) is 18.2. The predicted molar refractivity (Wildman–Crippen MR) is 120 cm³/mol. The fourth-order valence-corrected chi connectivity index (χ4v) is 4.75. The average Bonchev–Trinajstić information content (AvgIpc) is 3.50. The molecule has 32 heavy (non-hydrogen) atoms. The molecule has 2 aliphatic heterocycles.